The second-order valence-corrected chi connectivity index (χ2v) is 6.32. The monoisotopic (exact) mass is 306 g/mol. The average Bonchev–Trinajstić information content (AvgIpc) is 2.60. The van der Waals surface area contributed by atoms with Gasteiger partial charge in [0.15, 0.2) is 5.78 Å². The number of aliphatic hydroxyl groups is 1. The van der Waals surface area contributed by atoms with Crippen molar-refractivity contribution in [2.24, 2.45) is 0 Å². The summed E-state index contributed by atoms with van der Waals surface area (Å²) in [7, 11) is 0. The number of carbonyl (C=O) groups is 1. The molecule has 0 saturated heterocycles. The Labute approximate surface area is 137 Å². The van der Waals surface area contributed by atoms with Crippen molar-refractivity contribution in [1.29, 1.82) is 0 Å². The lowest BCUT2D eigenvalue weighted by Gasteiger charge is -2.37. The van der Waals surface area contributed by atoms with Crippen LogP contribution in [0.2, 0.25) is 0 Å². The fourth-order valence-electron chi connectivity index (χ4n) is 3.37. The first-order chi connectivity index (χ1) is 11.1. The van der Waals surface area contributed by atoms with Gasteiger partial charge >= 0.3 is 0 Å². The largest absolute Gasteiger partial charge is 0.381 e. The van der Waals surface area contributed by atoms with Crippen molar-refractivity contribution < 1.29 is 9.90 Å². The van der Waals surface area contributed by atoms with Gasteiger partial charge in [0, 0.05) is 5.92 Å². The molecule has 2 aromatic rings. The molecule has 0 amide bonds. The van der Waals surface area contributed by atoms with E-state index >= 15 is 0 Å². The van der Waals surface area contributed by atoms with Gasteiger partial charge in [-0.1, -0.05) is 67.6 Å². The van der Waals surface area contributed by atoms with Gasteiger partial charge in [-0.3, -0.25) is 4.79 Å². The highest BCUT2D eigenvalue weighted by Gasteiger charge is 2.45. The summed E-state index contributed by atoms with van der Waals surface area (Å²) in [4.78, 5) is 12.9. The third kappa shape index (κ3) is 3.13. The van der Waals surface area contributed by atoms with E-state index in [2.05, 4.69) is 0 Å². The predicted octanol–water partition coefficient (Wildman–Crippen LogP) is 4.36. The van der Waals surface area contributed by atoms with Crippen LogP contribution in [0.3, 0.4) is 0 Å². The molecule has 1 aliphatic rings. The highest BCUT2D eigenvalue weighted by molar-refractivity contribution is 6.06. The summed E-state index contributed by atoms with van der Waals surface area (Å²) in [6.07, 6.45) is 4.01. The molecule has 23 heavy (non-hydrogen) atoms. The molecule has 3 rings (SSSR count). The molecule has 0 heterocycles. The molecule has 0 bridgehead atoms. The second kappa shape index (κ2) is 6.51. The van der Waals surface area contributed by atoms with E-state index in [9.17, 15) is 9.90 Å². The first kappa shape index (κ1) is 15.7. The van der Waals surface area contributed by atoms with E-state index in [-0.39, 0.29) is 11.7 Å². The normalized spacial score (nSPS) is 24.6. The molecule has 0 aromatic heterocycles. The van der Waals surface area contributed by atoms with Crippen molar-refractivity contribution in [2.45, 2.75) is 37.7 Å². The van der Waals surface area contributed by atoms with E-state index < -0.39 is 5.60 Å². The van der Waals surface area contributed by atoms with Crippen LogP contribution in [0.5, 0.6) is 0 Å². The molecule has 0 spiro atoms. The maximum atomic E-state index is 12.9. The highest BCUT2D eigenvalue weighted by Crippen LogP contribution is 2.39. The topological polar surface area (TPSA) is 37.3 Å². The van der Waals surface area contributed by atoms with Crippen molar-refractivity contribution in [3.8, 4) is 0 Å². The van der Waals surface area contributed by atoms with Crippen molar-refractivity contribution >= 4 is 11.9 Å². The van der Waals surface area contributed by atoms with E-state index in [1.165, 1.54) is 0 Å². The number of rotatable bonds is 3. The summed E-state index contributed by atoms with van der Waals surface area (Å²) < 4.78 is 0. The summed E-state index contributed by atoms with van der Waals surface area (Å²) in [6.45, 7) is 1.94. The molecule has 1 saturated carbocycles. The van der Waals surface area contributed by atoms with Crippen molar-refractivity contribution in [2.75, 3.05) is 0 Å². The quantitative estimate of drug-likeness (QED) is 0.856. The smallest absolute Gasteiger partial charge is 0.190 e. The number of benzene rings is 2. The Morgan fingerprint density at radius 2 is 1.65 bits per heavy atom. The third-order valence-electron chi connectivity index (χ3n) is 4.85. The number of hydrogen-bond acceptors (Lipinski definition) is 2. The standard InChI is InChI=1S/C21H22O2/c1-16(18-11-6-3-7-12-18)21(23)14-8-13-19(20(21)22)15-17-9-4-2-5-10-17/h2-7,9-12,15-16,23H,8,13-14H2,1H3/b19-15-. The van der Waals surface area contributed by atoms with Gasteiger partial charge in [0.2, 0.25) is 0 Å². The van der Waals surface area contributed by atoms with Gasteiger partial charge in [0.1, 0.15) is 5.60 Å². The molecule has 2 aromatic carbocycles. The van der Waals surface area contributed by atoms with Crippen LogP contribution in [-0.4, -0.2) is 16.5 Å². The van der Waals surface area contributed by atoms with Gasteiger partial charge in [-0.05, 0) is 42.0 Å². The Morgan fingerprint density at radius 3 is 2.30 bits per heavy atom. The Morgan fingerprint density at radius 1 is 1.04 bits per heavy atom. The van der Waals surface area contributed by atoms with Crippen LogP contribution >= 0.6 is 0 Å². The maximum Gasteiger partial charge on any atom is 0.190 e. The number of ketones is 1. The van der Waals surface area contributed by atoms with Crippen LogP contribution in [-0.2, 0) is 4.79 Å². The zero-order chi connectivity index (χ0) is 16.3. The molecule has 2 heteroatoms. The van der Waals surface area contributed by atoms with Gasteiger partial charge in [-0.25, -0.2) is 0 Å². The van der Waals surface area contributed by atoms with Gasteiger partial charge in [-0.15, -0.1) is 0 Å². The van der Waals surface area contributed by atoms with Crippen LogP contribution < -0.4 is 0 Å². The molecule has 0 aliphatic heterocycles. The minimum Gasteiger partial charge on any atom is -0.381 e. The van der Waals surface area contributed by atoms with Gasteiger partial charge in [-0.2, -0.15) is 0 Å². The van der Waals surface area contributed by atoms with Crippen LogP contribution in [0, 0.1) is 0 Å². The first-order valence-corrected chi connectivity index (χ1v) is 8.19. The van der Waals surface area contributed by atoms with Crippen molar-refractivity contribution in [3.63, 3.8) is 0 Å². The molecule has 2 nitrogen and oxygen atoms in total. The van der Waals surface area contributed by atoms with Gasteiger partial charge in [0.05, 0.1) is 0 Å². The minimum atomic E-state index is -1.31. The maximum absolute atomic E-state index is 12.9. The van der Waals surface area contributed by atoms with Crippen LogP contribution in [0.4, 0.5) is 0 Å². The zero-order valence-corrected chi connectivity index (χ0v) is 13.4. The highest BCUT2D eigenvalue weighted by atomic mass is 16.3. The lowest BCUT2D eigenvalue weighted by molar-refractivity contribution is -0.138. The molecular formula is C21H22O2. The first-order valence-electron chi connectivity index (χ1n) is 8.19. The molecule has 118 valence electrons. The van der Waals surface area contributed by atoms with Crippen LogP contribution in [0.1, 0.15) is 43.2 Å². The predicted molar refractivity (Wildman–Crippen MR) is 93.1 cm³/mol. The number of carbonyl (C=O) groups excluding carboxylic acids is 1. The molecule has 1 N–H and O–H groups in total. The molecule has 1 fully saturated rings. The van der Waals surface area contributed by atoms with Gasteiger partial charge in [0.25, 0.3) is 0 Å². The number of hydrogen-bond donors (Lipinski definition) is 1. The Bertz CT molecular complexity index is 703. The minimum absolute atomic E-state index is 0.121. The van der Waals surface area contributed by atoms with Crippen molar-refractivity contribution in [3.05, 3.63) is 77.4 Å². The SMILES string of the molecule is CC(c1ccccc1)C1(O)CCC/C(=C/c2ccccc2)C1=O. The summed E-state index contributed by atoms with van der Waals surface area (Å²) in [5.41, 5.74) is 1.43. The molecule has 0 radical (unpaired) electrons. The van der Waals surface area contributed by atoms with E-state index in [0.717, 1.165) is 29.5 Å². The zero-order valence-electron chi connectivity index (χ0n) is 13.4. The molecule has 2 atom stereocenters. The van der Waals surface area contributed by atoms with Crippen LogP contribution in [0.25, 0.3) is 6.08 Å². The Hall–Kier alpha value is -2.19. The molecular weight excluding hydrogens is 284 g/mol. The molecule has 1 aliphatic carbocycles. The summed E-state index contributed by atoms with van der Waals surface area (Å²) in [6, 6.07) is 19.6. The second-order valence-electron chi connectivity index (χ2n) is 6.32. The van der Waals surface area contributed by atoms with E-state index in [4.69, 9.17) is 0 Å². The Kier molecular flexibility index (Phi) is 4.44. The van der Waals surface area contributed by atoms with E-state index in [1.54, 1.807) is 0 Å². The van der Waals surface area contributed by atoms with Crippen LogP contribution in [0.15, 0.2) is 66.2 Å². The fourth-order valence-corrected chi connectivity index (χ4v) is 3.37. The number of Topliss-reactive ketones (excluding diaryl/α,β-unsaturated/α-hetero) is 1. The average molecular weight is 306 g/mol. The van der Waals surface area contributed by atoms with Gasteiger partial charge < -0.3 is 5.11 Å². The third-order valence-corrected chi connectivity index (χ3v) is 4.85. The summed E-state index contributed by atoms with van der Waals surface area (Å²) in [5, 5.41) is 11.1. The van der Waals surface area contributed by atoms with E-state index in [1.807, 2.05) is 73.7 Å². The van der Waals surface area contributed by atoms with E-state index in [0.29, 0.717) is 6.42 Å². The summed E-state index contributed by atoms with van der Waals surface area (Å²) in [5.74, 6) is -0.334. The summed E-state index contributed by atoms with van der Waals surface area (Å²) >= 11 is 0. The fraction of sp³-hybridized carbons (Fsp3) is 0.286. The Balaban J connectivity index is 1.91. The lowest BCUT2D eigenvalue weighted by Crippen LogP contribution is -2.46. The van der Waals surface area contributed by atoms with Crippen molar-refractivity contribution in [1.82, 2.24) is 0 Å². The molecule has 2 unspecified atom stereocenters. The lowest BCUT2D eigenvalue weighted by atomic mass is 9.71.